The summed E-state index contributed by atoms with van der Waals surface area (Å²) in [5.74, 6) is 0. The molecule has 114 valence electrons. The third kappa shape index (κ3) is 20.6. The smallest absolute Gasteiger partial charge is 0.355 e. The summed E-state index contributed by atoms with van der Waals surface area (Å²) in [5.41, 5.74) is 0. The normalized spacial score (nSPS) is 10.9. The van der Waals surface area contributed by atoms with E-state index in [-0.39, 0.29) is 18.9 Å². The summed E-state index contributed by atoms with van der Waals surface area (Å²) >= 11 is 0. The van der Waals surface area contributed by atoms with Crippen LogP contribution in [0.4, 0.5) is 0 Å². The van der Waals surface area contributed by atoms with Gasteiger partial charge in [0.1, 0.15) is 6.79 Å². The fraction of sp³-hybridized carbons (Fsp3) is 0.824. The predicted octanol–water partition coefficient (Wildman–Crippen LogP) is 2.29. The molecule has 0 aromatic heterocycles. The molecule has 0 radical (unpaired) electrons. The zero-order valence-electron chi connectivity index (χ0n) is 13.9. The maximum Gasteiger partial charge on any atom is 1.00 e. The van der Waals surface area contributed by atoms with Crippen LogP contribution in [0.15, 0.2) is 12.2 Å². The van der Waals surface area contributed by atoms with Gasteiger partial charge in [0.15, 0.2) is 0 Å². The molecule has 0 aliphatic rings. The van der Waals surface area contributed by atoms with Crippen molar-refractivity contribution < 1.29 is 28.3 Å². The SMILES string of the molecule is [CH2-]C/C=C\CCOCOCCCCCCCCCC.[Li+]. The monoisotopic (exact) mass is 276 g/mol. The van der Waals surface area contributed by atoms with Crippen molar-refractivity contribution in [3.8, 4) is 0 Å². The van der Waals surface area contributed by atoms with Crippen molar-refractivity contribution >= 4 is 0 Å². The van der Waals surface area contributed by atoms with Crippen LogP contribution in [-0.4, -0.2) is 20.0 Å². The second-order valence-corrected chi connectivity index (χ2v) is 4.96. The topological polar surface area (TPSA) is 18.5 Å². The van der Waals surface area contributed by atoms with Crippen LogP contribution in [0.1, 0.15) is 71.1 Å². The van der Waals surface area contributed by atoms with Crippen molar-refractivity contribution in [2.24, 2.45) is 0 Å². The molecule has 0 aliphatic heterocycles. The van der Waals surface area contributed by atoms with Crippen LogP contribution in [0.5, 0.6) is 0 Å². The molecule has 0 aromatic rings. The molecule has 0 aromatic carbocycles. The molecule has 0 amide bonds. The van der Waals surface area contributed by atoms with E-state index in [0.717, 1.165) is 26.1 Å². The largest absolute Gasteiger partial charge is 1.00 e. The number of ether oxygens (including phenoxy) is 2. The van der Waals surface area contributed by atoms with Gasteiger partial charge in [0.25, 0.3) is 0 Å². The van der Waals surface area contributed by atoms with Gasteiger partial charge < -0.3 is 16.4 Å². The molecule has 2 nitrogen and oxygen atoms in total. The fourth-order valence-corrected chi connectivity index (χ4v) is 1.90. The van der Waals surface area contributed by atoms with Gasteiger partial charge in [0.2, 0.25) is 0 Å². The third-order valence-electron chi connectivity index (χ3n) is 3.07. The average Bonchev–Trinajstić information content (AvgIpc) is 2.43. The first-order chi connectivity index (χ1) is 9.41. The molecule has 0 atom stereocenters. The van der Waals surface area contributed by atoms with E-state index >= 15 is 0 Å². The van der Waals surface area contributed by atoms with Crippen LogP contribution >= 0.6 is 0 Å². The van der Waals surface area contributed by atoms with E-state index in [2.05, 4.69) is 26.0 Å². The predicted molar refractivity (Wildman–Crippen MR) is 83.1 cm³/mol. The molecule has 0 unspecified atom stereocenters. The molecular weight excluding hydrogens is 243 g/mol. The molecule has 20 heavy (non-hydrogen) atoms. The van der Waals surface area contributed by atoms with Crippen LogP contribution in [0, 0.1) is 6.92 Å². The first kappa shape index (κ1) is 22.5. The number of hydrogen-bond acceptors (Lipinski definition) is 2. The van der Waals surface area contributed by atoms with Crippen molar-refractivity contribution in [1.82, 2.24) is 0 Å². The Morgan fingerprint density at radius 1 is 0.800 bits per heavy atom. The summed E-state index contributed by atoms with van der Waals surface area (Å²) in [6, 6.07) is 0. The van der Waals surface area contributed by atoms with E-state index in [4.69, 9.17) is 9.47 Å². The minimum Gasteiger partial charge on any atom is -0.355 e. The second-order valence-electron chi connectivity index (χ2n) is 4.96. The van der Waals surface area contributed by atoms with Gasteiger partial charge in [-0.1, -0.05) is 57.9 Å². The Morgan fingerprint density at radius 3 is 2.05 bits per heavy atom. The Kier molecular flexibility index (Phi) is 24.3. The number of allylic oxidation sites excluding steroid dienone is 1. The molecule has 0 aliphatic carbocycles. The first-order valence-electron chi connectivity index (χ1n) is 8.01. The zero-order valence-corrected chi connectivity index (χ0v) is 13.9. The quantitative estimate of drug-likeness (QED) is 0.150. The standard InChI is InChI=1S/C17H33O2.Li/c1-3-5-7-9-10-11-12-14-16-19-17-18-15-13-8-6-4-2;/h6,8H,2-5,7,9-17H2,1H3;/q-1;+1/b8-6-;. The van der Waals surface area contributed by atoms with Gasteiger partial charge >= 0.3 is 18.9 Å². The van der Waals surface area contributed by atoms with E-state index in [1.807, 2.05) is 0 Å². The van der Waals surface area contributed by atoms with Gasteiger partial charge in [0, 0.05) is 6.61 Å². The van der Waals surface area contributed by atoms with Gasteiger partial charge in [-0.15, -0.1) is 6.08 Å². The molecular formula is C17H33LiO2. The minimum absolute atomic E-state index is 0. The van der Waals surface area contributed by atoms with Crippen LogP contribution in [0.3, 0.4) is 0 Å². The third-order valence-corrected chi connectivity index (χ3v) is 3.07. The van der Waals surface area contributed by atoms with Gasteiger partial charge in [0.05, 0.1) is 6.61 Å². The molecule has 3 heteroatoms. The molecule has 0 saturated carbocycles. The minimum atomic E-state index is 0. The van der Waals surface area contributed by atoms with Crippen molar-refractivity contribution in [2.75, 3.05) is 20.0 Å². The molecule has 0 bridgehead atoms. The Bertz CT molecular complexity index is 184. The van der Waals surface area contributed by atoms with Crippen molar-refractivity contribution in [2.45, 2.75) is 71.1 Å². The van der Waals surface area contributed by atoms with E-state index < -0.39 is 0 Å². The van der Waals surface area contributed by atoms with Crippen LogP contribution in [-0.2, 0) is 9.47 Å². The summed E-state index contributed by atoms with van der Waals surface area (Å²) < 4.78 is 10.8. The van der Waals surface area contributed by atoms with Crippen molar-refractivity contribution in [3.63, 3.8) is 0 Å². The van der Waals surface area contributed by atoms with Crippen molar-refractivity contribution in [3.05, 3.63) is 19.1 Å². The van der Waals surface area contributed by atoms with Crippen LogP contribution < -0.4 is 18.9 Å². The fourth-order valence-electron chi connectivity index (χ4n) is 1.90. The van der Waals surface area contributed by atoms with Gasteiger partial charge in [-0.3, -0.25) is 0 Å². The average molecular weight is 276 g/mol. The van der Waals surface area contributed by atoms with Gasteiger partial charge in [-0.05, 0) is 12.8 Å². The van der Waals surface area contributed by atoms with Crippen LogP contribution in [0.25, 0.3) is 0 Å². The van der Waals surface area contributed by atoms with Gasteiger partial charge in [-0.25, -0.2) is 0 Å². The number of unbranched alkanes of at least 4 members (excludes halogenated alkanes) is 7. The second kappa shape index (κ2) is 21.6. The Balaban J connectivity index is 0. The maximum atomic E-state index is 5.43. The zero-order chi connectivity index (χ0) is 14.0. The summed E-state index contributed by atoms with van der Waals surface area (Å²) in [7, 11) is 0. The van der Waals surface area contributed by atoms with Gasteiger partial charge in [-0.2, -0.15) is 6.42 Å². The Hall–Kier alpha value is 0.257. The molecule has 0 heterocycles. The maximum absolute atomic E-state index is 5.43. The Morgan fingerprint density at radius 2 is 1.40 bits per heavy atom. The Labute approximate surface area is 138 Å². The van der Waals surface area contributed by atoms with E-state index in [0.29, 0.717) is 6.79 Å². The van der Waals surface area contributed by atoms with Crippen molar-refractivity contribution in [1.29, 1.82) is 0 Å². The summed E-state index contributed by atoms with van der Waals surface area (Å²) in [4.78, 5) is 0. The molecule has 0 spiro atoms. The number of rotatable bonds is 15. The van der Waals surface area contributed by atoms with E-state index in [9.17, 15) is 0 Å². The molecule has 0 N–H and O–H groups in total. The summed E-state index contributed by atoms with van der Waals surface area (Å²) in [6.07, 6.45) is 16.7. The van der Waals surface area contributed by atoms with Crippen LogP contribution in [0.2, 0.25) is 0 Å². The first-order valence-corrected chi connectivity index (χ1v) is 8.01. The van der Waals surface area contributed by atoms with E-state index in [1.165, 1.54) is 51.4 Å². The number of hydrogen-bond donors (Lipinski definition) is 0. The summed E-state index contributed by atoms with van der Waals surface area (Å²) in [5, 5.41) is 0. The van der Waals surface area contributed by atoms with E-state index in [1.54, 1.807) is 0 Å². The molecule has 0 fully saturated rings. The molecule has 0 saturated heterocycles. The molecule has 0 rings (SSSR count). The summed E-state index contributed by atoms with van der Waals surface area (Å²) in [6.45, 7) is 8.02.